The number of nitrogens with zero attached hydrogens (tertiary/aromatic N) is 1. The number of aromatic hydroxyl groups is 1. The van der Waals surface area contributed by atoms with E-state index >= 15 is 0 Å². The summed E-state index contributed by atoms with van der Waals surface area (Å²) < 4.78 is 10.6. The Morgan fingerprint density at radius 1 is 1.06 bits per heavy atom. The van der Waals surface area contributed by atoms with Gasteiger partial charge in [-0.25, -0.2) is 9.78 Å². The molecule has 0 fully saturated rings. The lowest BCUT2D eigenvalue weighted by atomic mass is 10.0. The summed E-state index contributed by atoms with van der Waals surface area (Å²) in [7, 11) is 0. The zero-order valence-electron chi connectivity index (χ0n) is 18.3. The average Bonchev–Trinajstić information content (AvgIpc) is 3.51. The van der Waals surface area contributed by atoms with Crippen LogP contribution < -0.4 is 5.32 Å². The van der Waals surface area contributed by atoms with Crippen molar-refractivity contribution in [3.63, 3.8) is 0 Å². The van der Waals surface area contributed by atoms with Crippen molar-refractivity contribution in [2.45, 2.75) is 19.4 Å². The number of nitrogens with one attached hydrogen (secondary N) is 1. The van der Waals surface area contributed by atoms with Crippen molar-refractivity contribution < 1.29 is 23.8 Å². The summed E-state index contributed by atoms with van der Waals surface area (Å²) in [5, 5.41) is 12.9. The molecule has 7 nitrogen and oxygen atoms in total. The largest absolute Gasteiger partial charge is 0.508 e. The molecule has 2 heterocycles. The molecular formula is C27H22N2O5. The van der Waals surface area contributed by atoms with Crippen LogP contribution in [-0.4, -0.2) is 28.6 Å². The Morgan fingerprint density at radius 3 is 2.68 bits per heavy atom. The van der Waals surface area contributed by atoms with Gasteiger partial charge in [-0.05, 0) is 65.9 Å². The molecule has 34 heavy (non-hydrogen) atoms. The Morgan fingerprint density at radius 2 is 1.88 bits per heavy atom. The van der Waals surface area contributed by atoms with E-state index in [1.54, 1.807) is 24.3 Å². The van der Waals surface area contributed by atoms with E-state index in [0.717, 1.165) is 28.8 Å². The summed E-state index contributed by atoms with van der Waals surface area (Å²) in [4.78, 5) is 30.2. The normalized spacial score (nSPS) is 13.7. The highest BCUT2D eigenvalue weighted by Crippen LogP contribution is 2.37. The third kappa shape index (κ3) is 4.41. The van der Waals surface area contributed by atoms with E-state index in [0.29, 0.717) is 28.6 Å². The van der Waals surface area contributed by atoms with Gasteiger partial charge in [0.15, 0.2) is 6.61 Å². The Hall–Kier alpha value is -4.39. The SMILES string of the molecule is O=C(COC(=O)c1c2c(nc3ccccc13)/C(=C\c1ccc(O)cc1)CC2)NCc1ccco1. The van der Waals surface area contributed by atoms with Crippen molar-refractivity contribution in [3.05, 3.63) is 95.1 Å². The van der Waals surface area contributed by atoms with Gasteiger partial charge in [-0.15, -0.1) is 0 Å². The predicted octanol–water partition coefficient (Wildman–Crippen LogP) is 4.49. The summed E-state index contributed by atoms with van der Waals surface area (Å²) in [6.45, 7) is -0.163. The number of carbonyl (C=O) groups is 2. The second-order valence-corrected chi connectivity index (χ2v) is 8.02. The maximum Gasteiger partial charge on any atom is 0.339 e. The van der Waals surface area contributed by atoms with E-state index in [1.165, 1.54) is 6.26 Å². The molecule has 2 aromatic heterocycles. The van der Waals surface area contributed by atoms with E-state index in [1.807, 2.05) is 42.5 Å². The highest BCUT2D eigenvalue weighted by atomic mass is 16.5. The minimum absolute atomic E-state index is 0.205. The quantitative estimate of drug-likeness (QED) is 0.416. The third-order valence-electron chi connectivity index (χ3n) is 5.75. The topological polar surface area (TPSA) is 102 Å². The van der Waals surface area contributed by atoms with Crippen LogP contribution in [0.4, 0.5) is 0 Å². The summed E-state index contributed by atoms with van der Waals surface area (Å²) >= 11 is 0. The summed E-state index contributed by atoms with van der Waals surface area (Å²) in [5.41, 5.74) is 4.68. The fourth-order valence-corrected chi connectivity index (χ4v) is 4.14. The Bertz CT molecular complexity index is 1390. The number of benzene rings is 2. The van der Waals surface area contributed by atoms with Crippen LogP contribution in [0, 0.1) is 0 Å². The van der Waals surface area contributed by atoms with E-state index in [2.05, 4.69) is 5.32 Å². The number of hydrogen-bond acceptors (Lipinski definition) is 6. The van der Waals surface area contributed by atoms with Crippen molar-refractivity contribution in [1.82, 2.24) is 10.3 Å². The van der Waals surface area contributed by atoms with Crippen LogP contribution in [0.3, 0.4) is 0 Å². The third-order valence-corrected chi connectivity index (χ3v) is 5.75. The monoisotopic (exact) mass is 454 g/mol. The van der Waals surface area contributed by atoms with Gasteiger partial charge < -0.3 is 19.6 Å². The van der Waals surface area contributed by atoms with Crippen molar-refractivity contribution in [2.24, 2.45) is 0 Å². The first-order valence-corrected chi connectivity index (χ1v) is 11.0. The fraction of sp³-hybridized carbons (Fsp3) is 0.148. The number of ether oxygens (including phenoxy) is 1. The number of pyridine rings is 1. The summed E-state index contributed by atoms with van der Waals surface area (Å²) in [6.07, 6.45) is 4.92. The van der Waals surface area contributed by atoms with Gasteiger partial charge in [0.25, 0.3) is 5.91 Å². The highest BCUT2D eigenvalue weighted by Gasteiger charge is 2.28. The molecule has 0 bridgehead atoms. The molecule has 2 aromatic carbocycles. The molecule has 0 saturated heterocycles. The minimum Gasteiger partial charge on any atom is -0.508 e. The minimum atomic E-state index is -0.547. The highest BCUT2D eigenvalue weighted by molar-refractivity contribution is 6.07. The lowest BCUT2D eigenvalue weighted by Gasteiger charge is -2.12. The molecule has 1 aliphatic rings. The van der Waals surface area contributed by atoms with Crippen LogP contribution >= 0.6 is 0 Å². The lowest BCUT2D eigenvalue weighted by Crippen LogP contribution is -2.28. The molecule has 170 valence electrons. The molecule has 0 saturated carbocycles. The number of rotatable bonds is 6. The van der Waals surface area contributed by atoms with Crippen molar-refractivity contribution in [3.8, 4) is 5.75 Å². The second kappa shape index (κ2) is 9.23. The van der Waals surface area contributed by atoms with Crippen molar-refractivity contribution in [1.29, 1.82) is 0 Å². The molecule has 1 amide bonds. The number of para-hydroxylation sites is 1. The molecule has 0 atom stereocenters. The standard InChI is InChI=1S/C27H22N2O5/c30-19-10-7-17(8-11-19)14-18-9-12-22-25(21-5-1-2-6-23(21)29-26(18)22)27(32)34-16-24(31)28-15-20-4-3-13-33-20/h1-8,10-11,13-14,30H,9,12,15-16H2,(H,28,31)/b18-14-. The number of fused-ring (bicyclic) bond motifs is 2. The molecule has 0 aliphatic heterocycles. The van der Waals surface area contributed by atoms with Crippen molar-refractivity contribution >= 4 is 34.4 Å². The van der Waals surface area contributed by atoms with Gasteiger partial charge >= 0.3 is 5.97 Å². The molecule has 1 aliphatic carbocycles. The van der Waals surface area contributed by atoms with Crippen LogP contribution in [0.25, 0.3) is 22.6 Å². The fourth-order valence-electron chi connectivity index (χ4n) is 4.14. The number of hydrogen-bond donors (Lipinski definition) is 2. The number of carbonyl (C=O) groups excluding carboxylic acids is 2. The number of esters is 1. The van der Waals surface area contributed by atoms with Gasteiger partial charge in [-0.3, -0.25) is 4.79 Å². The Balaban J connectivity index is 1.41. The first-order chi connectivity index (χ1) is 16.6. The van der Waals surface area contributed by atoms with Crippen LogP contribution in [0.15, 0.2) is 71.3 Å². The van der Waals surface area contributed by atoms with E-state index in [9.17, 15) is 14.7 Å². The van der Waals surface area contributed by atoms with Gasteiger partial charge in [0.1, 0.15) is 11.5 Å². The lowest BCUT2D eigenvalue weighted by molar-refractivity contribution is -0.124. The maximum atomic E-state index is 13.2. The van der Waals surface area contributed by atoms with E-state index in [4.69, 9.17) is 14.1 Å². The number of phenolic OH excluding ortho intramolecular Hbond substituents is 1. The van der Waals surface area contributed by atoms with E-state index in [-0.39, 0.29) is 18.9 Å². The van der Waals surface area contributed by atoms with Gasteiger partial charge in [-0.2, -0.15) is 0 Å². The second-order valence-electron chi connectivity index (χ2n) is 8.02. The van der Waals surface area contributed by atoms with Gasteiger partial charge in [0.2, 0.25) is 0 Å². The zero-order valence-corrected chi connectivity index (χ0v) is 18.3. The van der Waals surface area contributed by atoms with Crippen LogP contribution in [-0.2, 0) is 22.5 Å². The van der Waals surface area contributed by atoms with Gasteiger partial charge in [-0.1, -0.05) is 30.3 Å². The summed E-state index contributed by atoms with van der Waals surface area (Å²) in [6, 6.07) is 17.9. The molecule has 5 rings (SSSR count). The predicted molar refractivity (Wildman–Crippen MR) is 127 cm³/mol. The maximum absolute atomic E-state index is 13.2. The van der Waals surface area contributed by atoms with Crippen molar-refractivity contribution in [2.75, 3.05) is 6.61 Å². The first-order valence-electron chi connectivity index (χ1n) is 11.0. The average molecular weight is 454 g/mol. The first kappa shape index (κ1) is 21.5. The van der Waals surface area contributed by atoms with Gasteiger partial charge in [0, 0.05) is 5.39 Å². The number of aromatic nitrogens is 1. The number of phenols is 1. The summed E-state index contributed by atoms with van der Waals surface area (Å²) in [5.74, 6) is -0.136. The molecule has 0 spiro atoms. The molecule has 0 radical (unpaired) electrons. The number of furan rings is 1. The molecular weight excluding hydrogens is 432 g/mol. The van der Waals surface area contributed by atoms with Crippen LogP contribution in [0.5, 0.6) is 5.75 Å². The molecule has 4 aromatic rings. The molecule has 7 heteroatoms. The Kier molecular flexibility index (Phi) is 5.82. The van der Waals surface area contributed by atoms with Crippen LogP contribution in [0.1, 0.15) is 39.4 Å². The Labute approximate surface area is 195 Å². The zero-order chi connectivity index (χ0) is 23.5. The van der Waals surface area contributed by atoms with Gasteiger partial charge in [0.05, 0.1) is 29.6 Å². The molecule has 0 unspecified atom stereocenters. The van der Waals surface area contributed by atoms with Crippen LogP contribution in [0.2, 0.25) is 0 Å². The number of amides is 1. The number of allylic oxidation sites excluding steroid dienone is 1. The van der Waals surface area contributed by atoms with E-state index < -0.39 is 11.9 Å². The smallest absolute Gasteiger partial charge is 0.339 e. The molecule has 2 N–H and O–H groups in total.